The average molecular weight is 263 g/mol. The third-order valence-electron chi connectivity index (χ3n) is 3.09. The maximum atomic E-state index is 4.48. The van der Waals surface area contributed by atoms with E-state index in [-0.39, 0.29) is 0 Å². The Labute approximate surface area is 113 Å². The van der Waals surface area contributed by atoms with Gasteiger partial charge in [0.15, 0.2) is 0 Å². The zero-order chi connectivity index (χ0) is 13.0. The van der Waals surface area contributed by atoms with E-state index in [1.165, 1.54) is 11.1 Å². The molecule has 2 heterocycles. The SMILES string of the molecule is CCCNC(Cc1ccn(C)n1)c1cscc1C. The molecule has 0 radical (unpaired) electrons. The van der Waals surface area contributed by atoms with E-state index >= 15 is 0 Å². The summed E-state index contributed by atoms with van der Waals surface area (Å²) in [5, 5.41) is 12.6. The summed E-state index contributed by atoms with van der Waals surface area (Å²) >= 11 is 1.78. The van der Waals surface area contributed by atoms with E-state index in [0.717, 1.165) is 25.1 Å². The number of nitrogens with one attached hydrogen (secondary N) is 1. The van der Waals surface area contributed by atoms with Crippen molar-refractivity contribution < 1.29 is 0 Å². The second kappa shape index (κ2) is 6.16. The average Bonchev–Trinajstić information content (AvgIpc) is 2.93. The Morgan fingerprint density at radius 2 is 2.28 bits per heavy atom. The van der Waals surface area contributed by atoms with Gasteiger partial charge in [-0.2, -0.15) is 16.4 Å². The maximum Gasteiger partial charge on any atom is 0.0643 e. The third kappa shape index (κ3) is 3.21. The molecule has 18 heavy (non-hydrogen) atoms. The van der Waals surface area contributed by atoms with Gasteiger partial charge in [-0.05, 0) is 47.8 Å². The Balaban J connectivity index is 2.12. The molecule has 2 rings (SSSR count). The van der Waals surface area contributed by atoms with E-state index in [4.69, 9.17) is 0 Å². The van der Waals surface area contributed by atoms with E-state index in [2.05, 4.69) is 41.1 Å². The summed E-state index contributed by atoms with van der Waals surface area (Å²) in [6.07, 6.45) is 4.12. The normalized spacial score (nSPS) is 12.8. The van der Waals surface area contributed by atoms with Gasteiger partial charge in [-0.25, -0.2) is 0 Å². The van der Waals surface area contributed by atoms with E-state index in [1.54, 1.807) is 11.3 Å². The van der Waals surface area contributed by atoms with Crippen LogP contribution in [0.2, 0.25) is 0 Å². The van der Waals surface area contributed by atoms with Crippen LogP contribution in [-0.2, 0) is 13.5 Å². The minimum absolute atomic E-state index is 0.381. The van der Waals surface area contributed by atoms with Crippen molar-refractivity contribution in [3.8, 4) is 0 Å². The monoisotopic (exact) mass is 263 g/mol. The molecule has 0 saturated carbocycles. The third-order valence-corrected chi connectivity index (χ3v) is 3.97. The van der Waals surface area contributed by atoms with E-state index in [0.29, 0.717) is 6.04 Å². The molecule has 0 aliphatic carbocycles. The van der Waals surface area contributed by atoms with Crippen LogP contribution in [0, 0.1) is 6.92 Å². The molecule has 0 spiro atoms. The smallest absolute Gasteiger partial charge is 0.0643 e. The molecule has 0 aliphatic heterocycles. The van der Waals surface area contributed by atoms with Crippen LogP contribution in [0.5, 0.6) is 0 Å². The highest BCUT2D eigenvalue weighted by Crippen LogP contribution is 2.24. The number of aryl methyl sites for hydroxylation is 2. The summed E-state index contributed by atoms with van der Waals surface area (Å²) in [7, 11) is 1.97. The molecule has 2 aromatic heterocycles. The van der Waals surface area contributed by atoms with Crippen molar-refractivity contribution in [3.63, 3.8) is 0 Å². The van der Waals surface area contributed by atoms with Crippen molar-refractivity contribution >= 4 is 11.3 Å². The Morgan fingerprint density at radius 1 is 1.44 bits per heavy atom. The number of nitrogens with zero attached hydrogens (tertiary/aromatic N) is 2. The highest BCUT2D eigenvalue weighted by Gasteiger charge is 2.15. The van der Waals surface area contributed by atoms with Crippen LogP contribution in [0.3, 0.4) is 0 Å². The fourth-order valence-corrected chi connectivity index (χ4v) is 3.02. The predicted octanol–water partition coefficient (Wildman–Crippen LogP) is 3.07. The van der Waals surface area contributed by atoms with Crippen LogP contribution in [0.1, 0.15) is 36.2 Å². The molecule has 0 bridgehead atoms. The summed E-state index contributed by atoms with van der Waals surface area (Å²) in [6.45, 7) is 5.43. The van der Waals surface area contributed by atoms with Crippen molar-refractivity contribution in [2.75, 3.05) is 6.54 Å². The predicted molar refractivity (Wildman–Crippen MR) is 77.0 cm³/mol. The summed E-state index contributed by atoms with van der Waals surface area (Å²) < 4.78 is 1.87. The standard InChI is InChI=1S/C14H21N3S/c1-4-6-15-14(13-10-18-9-11(13)2)8-12-5-7-17(3)16-12/h5,7,9-10,14-15H,4,6,8H2,1-3H3. The largest absolute Gasteiger partial charge is 0.310 e. The Hall–Kier alpha value is -1.13. The Bertz CT molecular complexity index is 487. The lowest BCUT2D eigenvalue weighted by Gasteiger charge is -2.17. The number of hydrogen-bond acceptors (Lipinski definition) is 3. The molecule has 0 aromatic carbocycles. The first kappa shape index (κ1) is 13.3. The van der Waals surface area contributed by atoms with Crippen LogP contribution < -0.4 is 5.32 Å². The second-order valence-corrected chi connectivity index (χ2v) is 5.45. The van der Waals surface area contributed by atoms with Crippen LogP contribution >= 0.6 is 11.3 Å². The molecular formula is C14H21N3S. The zero-order valence-corrected chi connectivity index (χ0v) is 12.1. The minimum atomic E-state index is 0.381. The van der Waals surface area contributed by atoms with Crippen molar-refractivity contribution in [2.24, 2.45) is 7.05 Å². The summed E-state index contributed by atoms with van der Waals surface area (Å²) in [4.78, 5) is 0. The molecule has 0 fully saturated rings. The van der Waals surface area contributed by atoms with Crippen molar-refractivity contribution in [2.45, 2.75) is 32.7 Å². The van der Waals surface area contributed by atoms with Gasteiger partial charge >= 0.3 is 0 Å². The van der Waals surface area contributed by atoms with Crippen LogP contribution in [0.4, 0.5) is 0 Å². The first-order chi connectivity index (χ1) is 8.70. The molecule has 3 nitrogen and oxygen atoms in total. The van der Waals surface area contributed by atoms with E-state index < -0.39 is 0 Å². The summed E-state index contributed by atoms with van der Waals surface area (Å²) in [5.41, 5.74) is 3.94. The highest BCUT2D eigenvalue weighted by molar-refractivity contribution is 7.08. The molecule has 0 amide bonds. The van der Waals surface area contributed by atoms with Gasteiger partial charge in [0, 0.05) is 25.7 Å². The van der Waals surface area contributed by atoms with Crippen LogP contribution in [0.15, 0.2) is 23.0 Å². The lowest BCUT2D eigenvalue weighted by atomic mass is 10.0. The number of rotatable bonds is 6. The van der Waals surface area contributed by atoms with Crippen LogP contribution in [-0.4, -0.2) is 16.3 Å². The molecule has 2 aromatic rings. The summed E-state index contributed by atoms with van der Waals surface area (Å²) in [6, 6.07) is 2.48. The Morgan fingerprint density at radius 3 is 2.83 bits per heavy atom. The number of aromatic nitrogens is 2. The van der Waals surface area contributed by atoms with Gasteiger partial charge in [-0.15, -0.1) is 0 Å². The maximum absolute atomic E-state index is 4.48. The quantitative estimate of drug-likeness (QED) is 0.868. The van der Waals surface area contributed by atoms with Gasteiger partial charge < -0.3 is 5.32 Å². The van der Waals surface area contributed by atoms with E-state index in [1.807, 2.05) is 17.9 Å². The molecule has 1 N–H and O–H groups in total. The van der Waals surface area contributed by atoms with Crippen molar-refractivity contribution in [1.29, 1.82) is 0 Å². The highest BCUT2D eigenvalue weighted by atomic mass is 32.1. The number of hydrogen-bond donors (Lipinski definition) is 1. The van der Waals surface area contributed by atoms with Gasteiger partial charge in [0.1, 0.15) is 0 Å². The van der Waals surface area contributed by atoms with Crippen molar-refractivity contribution in [3.05, 3.63) is 39.8 Å². The Kier molecular flexibility index (Phi) is 4.55. The van der Waals surface area contributed by atoms with Crippen LogP contribution in [0.25, 0.3) is 0 Å². The molecule has 4 heteroatoms. The molecule has 0 saturated heterocycles. The van der Waals surface area contributed by atoms with Gasteiger partial charge in [0.05, 0.1) is 5.69 Å². The van der Waals surface area contributed by atoms with Crippen molar-refractivity contribution in [1.82, 2.24) is 15.1 Å². The van der Waals surface area contributed by atoms with Gasteiger partial charge in [0.25, 0.3) is 0 Å². The number of thiophene rings is 1. The lowest BCUT2D eigenvalue weighted by molar-refractivity contribution is 0.520. The van der Waals surface area contributed by atoms with Gasteiger partial charge in [-0.3, -0.25) is 4.68 Å². The molecule has 0 aliphatic rings. The first-order valence-electron chi connectivity index (χ1n) is 6.45. The molecule has 1 unspecified atom stereocenters. The summed E-state index contributed by atoms with van der Waals surface area (Å²) in [5.74, 6) is 0. The molecule has 1 atom stereocenters. The first-order valence-corrected chi connectivity index (χ1v) is 7.39. The molecule has 98 valence electrons. The minimum Gasteiger partial charge on any atom is -0.310 e. The van der Waals surface area contributed by atoms with Gasteiger partial charge in [0.2, 0.25) is 0 Å². The molecular weight excluding hydrogens is 242 g/mol. The lowest BCUT2D eigenvalue weighted by Crippen LogP contribution is -2.24. The topological polar surface area (TPSA) is 29.9 Å². The van der Waals surface area contributed by atoms with E-state index in [9.17, 15) is 0 Å². The second-order valence-electron chi connectivity index (χ2n) is 4.70. The fraction of sp³-hybridized carbons (Fsp3) is 0.500. The zero-order valence-electron chi connectivity index (χ0n) is 11.3. The fourth-order valence-electron chi connectivity index (χ4n) is 2.12. The van der Waals surface area contributed by atoms with Gasteiger partial charge in [-0.1, -0.05) is 6.92 Å².